The molecule has 0 unspecified atom stereocenters. The third-order valence-electron chi connectivity index (χ3n) is 4.23. The van der Waals surface area contributed by atoms with E-state index in [0.29, 0.717) is 12.8 Å². The second-order valence-electron chi connectivity index (χ2n) is 6.40. The minimum absolute atomic E-state index is 0.137. The summed E-state index contributed by atoms with van der Waals surface area (Å²) in [5.74, 6) is -6.00. The monoisotopic (exact) mass is 483 g/mol. The van der Waals surface area contributed by atoms with Crippen molar-refractivity contribution in [3.05, 3.63) is 69.4 Å². The van der Waals surface area contributed by atoms with Crippen LogP contribution in [-0.4, -0.2) is 16.8 Å². The van der Waals surface area contributed by atoms with Gasteiger partial charge in [-0.2, -0.15) is 10.5 Å². The van der Waals surface area contributed by atoms with Crippen LogP contribution in [0.4, 0.5) is 13.2 Å². The van der Waals surface area contributed by atoms with E-state index in [-0.39, 0.29) is 12.0 Å². The number of allylic oxidation sites excluding steroid dienone is 6. The van der Waals surface area contributed by atoms with Crippen molar-refractivity contribution in [1.82, 2.24) is 4.13 Å². The number of hydrogen-bond acceptors (Lipinski definition) is 6. The minimum Gasteiger partial charge on any atom is -0.206 e. The molecule has 32 heavy (non-hydrogen) atoms. The second-order valence-corrected chi connectivity index (χ2v) is 9.96. The zero-order valence-electron chi connectivity index (χ0n) is 16.6. The molecule has 0 aliphatic heterocycles. The van der Waals surface area contributed by atoms with E-state index in [2.05, 4.69) is 0 Å². The Hall–Kier alpha value is -3.19. The van der Waals surface area contributed by atoms with Crippen molar-refractivity contribution in [3.8, 4) is 12.1 Å². The Balaban J connectivity index is 2.63. The zero-order chi connectivity index (χ0) is 24.1. The fraction of sp³-hybridized carbons (Fsp3) is 0.200. The van der Waals surface area contributed by atoms with Crippen LogP contribution in [0.2, 0.25) is 0 Å². The van der Waals surface area contributed by atoms with Crippen LogP contribution in [0.3, 0.4) is 0 Å². The summed E-state index contributed by atoms with van der Waals surface area (Å²) in [7, 11) is -10.4. The lowest BCUT2D eigenvalue weighted by molar-refractivity contribution is 0.455. The summed E-state index contributed by atoms with van der Waals surface area (Å²) in [6, 6.07) is 3.08. The maximum absolute atomic E-state index is 14.8. The lowest BCUT2D eigenvalue weighted by Gasteiger charge is -2.13. The van der Waals surface area contributed by atoms with Gasteiger partial charge >= 0.3 is 0 Å². The maximum atomic E-state index is 14.8. The van der Waals surface area contributed by atoms with Crippen LogP contribution in [0.1, 0.15) is 37.3 Å². The minimum atomic E-state index is -5.49. The molecule has 0 fully saturated rings. The lowest BCUT2D eigenvalue weighted by atomic mass is 10.1. The van der Waals surface area contributed by atoms with Crippen LogP contribution in [0.25, 0.3) is 6.08 Å². The molecular weight excluding hydrogens is 467 g/mol. The molecule has 0 bridgehead atoms. The smallest absolute Gasteiger partial charge is 0.206 e. The Morgan fingerprint density at radius 1 is 0.938 bits per heavy atom. The fourth-order valence-corrected chi connectivity index (χ4v) is 5.90. The number of nitrogens with zero attached hydrogens (tertiary/aromatic N) is 2. The molecule has 7 nitrogen and oxygen atoms in total. The highest BCUT2D eigenvalue weighted by Crippen LogP contribution is 2.30. The highest BCUT2D eigenvalue weighted by atomic mass is 32.3. The van der Waals surface area contributed by atoms with Crippen molar-refractivity contribution in [2.24, 2.45) is 0 Å². The summed E-state index contributed by atoms with van der Waals surface area (Å²) in [6.07, 6.45) is 8.00. The maximum Gasteiger partial charge on any atom is 0.259 e. The van der Waals surface area contributed by atoms with Gasteiger partial charge in [0.05, 0.1) is 11.0 Å². The van der Waals surface area contributed by atoms with Gasteiger partial charge in [-0.25, -0.2) is 30.0 Å². The molecule has 0 amide bonds. The van der Waals surface area contributed by atoms with Gasteiger partial charge in [0, 0.05) is 11.1 Å². The predicted octanol–water partition coefficient (Wildman–Crippen LogP) is 3.69. The lowest BCUT2D eigenvalue weighted by Crippen LogP contribution is -2.33. The third kappa shape index (κ3) is 5.16. The predicted molar refractivity (Wildman–Crippen MR) is 110 cm³/mol. The van der Waals surface area contributed by atoms with Gasteiger partial charge < -0.3 is 0 Å². The summed E-state index contributed by atoms with van der Waals surface area (Å²) in [5.41, 5.74) is -1.78. The summed E-state index contributed by atoms with van der Waals surface area (Å²) in [6.45, 7) is 1.36. The Morgan fingerprint density at radius 3 is 2.19 bits per heavy atom. The first-order chi connectivity index (χ1) is 15.0. The van der Waals surface area contributed by atoms with Gasteiger partial charge in [0.2, 0.25) is 0 Å². The van der Waals surface area contributed by atoms with E-state index < -0.39 is 58.4 Å². The molecule has 1 aliphatic rings. The first kappa shape index (κ1) is 25.1. The summed E-state index contributed by atoms with van der Waals surface area (Å²) in [5, 5.41) is 18.0. The molecule has 0 heterocycles. The number of rotatable bonds is 5. The van der Waals surface area contributed by atoms with Crippen molar-refractivity contribution in [3.63, 3.8) is 0 Å². The summed E-state index contributed by atoms with van der Waals surface area (Å²) < 4.78 is 95.3. The van der Waals surface area contributed by atoms with Crippen LogP contribution in [0.15, 0.2) is 45.8 Å². The van der Waals surface area contributed by atoms with Gasteiger partial charge in [0.25, 0.3) is 20.0 Å². The van der Waals surface area contributed by atoms with Crippen LogP contribution in [0, 0.1) is 40.1 Å². The molecular formula is C20H16F3N3O4S2. The van der Waals surface area contributed by atoms with E-state index in [1.54, 1.807) is 6.08 Å². The van der Waals surface area contributed by atoms with Crippen molar-refractivity contribution in [1.29, 1.82) is 10.5 Å². The molecule has 1 aromatic carbocycles. The fourth-order valence-electron chi connectivity index (χ4n) is 2.77. The highest BCUT2D eigenvalue weighted by molar-refractivity contribution is 8.06. The first-order valence-corrected chi connectivity index (χ1v) is 12.0. The average molecular weight is 483 g/mol. The van der Waals surface area contributed by atoms with Gasteiger partial charge in [-0.15, -0.1) is 4.13 Å². The molecule has 0 saturated carbocycles. The summed E-state index contributed by atoms with van der Waals surface area (Å²) >= 11 is 0. The Kier molecular flexibility index (Phi) is 7.80. The highest BCUT2D eigenvalue weighted by Gasteiger charge is 2.35. The van der Waals surface area contributed by atoms with E-state index >= 15 is 0 Å². The van der Waals surface area contributed by atoms with E-state index in [0.717, 1.165) is 24.3 Å². The largest absolute Gasteiger partial charge is 0.259 e. The van der Waals surface area contributed by atoms with Crippen molar-refractivity contribution < 1.29 is 30.0 Å². The molecule has 2 rings (SSSR count). The Morgan fingerprint density at radius 2 is 1.59 bits per heavy atom. The number of nitriles is 2. The standard InChI is InChI=1S/C20H16F3N3O4S2/c1-2-6-15-16(12-25)17(21)19(23)20(18(15)22)32(29,30)26-31(27,28)14-8-5-3-4-7-13(11-24)9-10-14/h2,6-10,26H,3-5H2,1H3/b6-2+,10-9?,13-7-,14-8?. The molecule has 0 radical (unpaired) electrons. The Bertz CT molecular complexity index is 1360. The van der Waals surface area contributed by atoms with Gasteiger partial charge in [-0.05, 0) is 38.3 Å². The van der Waals surface area contributed by atoms with Gasteiger partial charge in [0.1, 0.15) is 11.6 Å². The first-order valence-electron chi connectivity index (χ1n) is 9.00. The van der Waals surface area contributed by atoms with Crippen molar-refractivity contribution in [2.75, 3.05) is 0 Å². The van der Waals surface area contributed by atoms with Gasteiger partial charge in [-0.3, -0.25) is 0 Å². The molecule has 0 aromatic heterocycles. The van der Waals surface area contributed by atoms with Crippen molar-refractivity contribution >= 4 is 26.1 Å². The number of hydrogen-bond donors (Lipinski definition) is 1. The zero-order valence-corrected chi connectivity index (χ0v) is 18.2. The number of benzene rings is 1. The molecule has 1 aliphatic carbocycles. The Labute approximate surface area is 183 Å². The normalized spacial score (nSPS) is 16.8. The van der Waals surface area contributed by atoms with Crippen LogP contribution in [-0.2, 0) is 20.0 Å². The van der Waals surface area contributed by atoms with Crippen molar-refractivity contribution in [2.45, 2.75) is 31.1 Å². The number of nitrogens with one attached hydrogen (secondary N) is 1. The molecule has 168 valence electrons. The summed E-state index contributed by atoms with van der Waals surface area (Å²) in [4.78, 5) is -2.44. The number of sulfonamides is 2. The van der Waals surface area contributed by atoms with E-state index in [4.69, 9.17) is 10.5 Å². The second kappa shape index (κ2) is 9.96. The van der Waals surface area contributed by atoms with E-state index in [1.807, 2.05) is 6.07 Å². The average Bonchev–Trinajstić information content (AvgIpc) is 2.83. The van der Waals surface area contributed by atoms with Crippen LogP contribution < -0.4 is 4.13 Å². The van der Waals surface area contributed by atoms with Crippen LogP contribution >= 0.6 is 0 Å². The van der Waals surface area contributed by atoms with E-state index in [1.165, 1.54) is 23.2 Å². The topological polar surface area (TPSA) is 128 Å². The third-order valence-corrected chi connectivity index (χ3v) is 7.81. The molecule has 0 saturated heterocycles. The number of halogens is 3. The van der Waals surface area contributed by atoms with Gasteiger partial charge in [-0.1, -0.05) is 24.3 Å². The molecule has 0 spiro atoms. The van der Waals surface area contributed by atoms with Gasteiger partial charge in [0.15, 0.2) is 22.3 Å². The molecule has 12 heteroatoms. The molecule has 1 N–H and O–H groups in total. The van der Waals surface area contributed by atoms with Crippen LogP contribution in [0.5, 0.6) is 0 Å². The quantitative estimate of drug-likeness (QED) is 0.636. The van der Waals surface area contributed by atoms with E-state index in [9.17, 15) is 30.0 Å². The SMILES string of the molecule is C/C=C/c1c(F)c(S(=O)(=O)NS(=O)(=O)C2=CCCC/C=C(\C#N)C=C2)c(F)c(F)c1C#N. The molecule has 1 aromatic rings. The molecule has 0 atom stereocenters.